The third-order valence-electron chi connectivity index (χ3n) is 9.03. The monoisotopic (exact) mass is 726 g/mol. The first-order chi connectivity index (χ1) is 24.1. The standard InChI is InChI=1S/C32H38O19/c1-11-19(37)22(40)24(42)29(47-11)45-8-17-20(38)23(41)27(51-31-28(43)32(44,9-33)10-46-31)30(49-17)50-26-21(39)18-15(36)6-14(35)7-16(18)48-25(26)12-2-4-13(34)5-3-12/h2-7,11,17,19-20,22-24,27-31,33-38,40-44H,8-10H2,1H3/t11-,17-,19-,20-,22+,23+,24-,27-,28-,29-,30+,31+,32+/m0/s1. The van der Waals surface area contributed by atoms with E-state index in [-0.39, 0.29) is 22.7 Å². The summed E-state index contributed by atoms with van der Waals surface area (Å²) in [5.41, 5.74) is -3.31. The number of phenolic OH excluding ortho intramolecular Hbond substituents is 3. The van der Waals surface area contributed by atoms with Crippen molar-refractivity contribution in [2.24, 2.45) is 0 Å². The Morgan fingerprint density at radius 2 is 1.55 bits per heavy atom. The number of hydrogen-bond donors (Lipinski definition) is 11. The van der Waals surface area contributed by atoms with Crippen LogP contribution in [0.2, 0.25) is 0 Å². The van der Waals surface area contributed by atoms with Crippen LogP contribution in [0.3, 0.4) is 0 Å². The number of ether oxygens (including phenoxy) is 6. The largest absolute Gasteiger partial charge is 0.508 e. The molecule has 0 bridgehead atoms. The minimum absolute atomic E-state index is 0.138. The molecule has 4 heterocycles. The van der Waals surface area contributed by atoms with E-state index in [1.807, 2.05) is 0 Å². The minimum atomic E-state index is -2.17. The molecular weight excluding hydrogens is 688 g/mol. The first-order valence-electron chi connectivity index (χ1n) is 15.7. The van der Waals surface area contributed by atoms with Crippen LogP contribution in [0.25, 0.3) is 22.3 Å². The lowest BCUT2D eigenvalue weighted by Crippen LogP contribution is -2.63. The van der Waals surface area contributed by atoms with Crippen molar-refractivity contribution < 1.29 is 89.0 Å². The van der Waals surface area contributed by atoms with Crippen molar-refractivity contribution in [3.8, 4) is 34.3 Å². The van der Waals surface area contributed by atoms with Gasteiger partial charge in [-0.2, -0.15) is 0 Å². The molecule has 0 saturated carbocycles. The van der Waals surface area contributed by atoms with Gasteiger partial charge in [0.1, 0.15) is 76.5 Å². The predicted molar refractivity (Wildman–Crippen MR) is 165 cm³/mol. The van der Waals surface area contributed by atoms with Gasteiger partial charge in [0, 0.05) is 17.7 Å². The molecule has 13 atom stereocenters. The van der Waals surface area contributed by atoms with Gasteiger partial charge in [0.2, 0.25) is 17.5 Å². The maximum atomic E-state index is 14.0. The average Bonchev–Trinajstić information content (AvgIpc) is 3.38. The van der Waals surface area contributed by atoms with E-state index >= 15 is 0 Å². The molecule has 0 unspecified atom stereocenters. The second-order valence-corrected chi connectivity index (χ2v) is 12.6. The molecule has 19 heteroatoms. The topological polar surface area (TPSA) is 308 Å². The maximum Gasteiger partial charge on any atom is 0.239 e. The van der Waals surface area contributed by atoms with Crippen molar-refractivity contribution in [3.63, 3.8) is 0 Å². The van der Waals surface area contributed by atoms with Gasteiger partial charge >= 0.3 is 0 Å². The van der Waals surface area contributed by atoms with E-state index in [9.17, 15) is 61.0 Å². The second kappa shape index (κ2) is 14.4. The highest BCUT2D eigenvalue weighted by Crippen LogP contribution is 2.39. The highest BCUT2D eigenvalue weighted by Gasteiger charge is 2.54. The summed E-state index contributed by atoms with van der Waals surface area (Å²) in [4.78, 5) is 14.0. The number of phenols is 3. The fourth-order valence-electron chi connectivity index (χ4n) is 5.98. The Bertz CT molecular complexity index is 1750. The lowest BCUT2D eigenvalue weighted by molar-refractivity contribution is -0.335. The van der Waals surface area contributed by atoms with Crippen LogP contribution in [-0.4, -0.2) is 155 Å². The zero-order valence-corrected chi connectivity index (χ0v) is 26.7. The zero-order valence-electron chi connectivity index (χ0n) is 26.7. The summed E-state index contributed by atoms with van der Waals surface area (Å²) >= 11 is 0. The molecule has 0 radical (unpaired) electrons. The summed E-state index contributed by atoms with van der Waals surface area (Å²) in [6, 6.07) is 7.15. The number of aromatic hydroxyl groups is 3. The Morgan fingerprint density at radius 3 is 2.22 bits per heavy atom. The Hall–Kier alpha value is -3.67. The highest BCUT2D eigenvalue weighted by atomic mass is 16.8. The van der Waals surface area contributed by atoms with Crippen molar-refractivity contribution in [3.05, 3.63) is 46.6 Å². The molecule has 3 aliphatic rings. The van der Waals surface area contributed by atoms with Gasteiger partial charge < -0.3 is 89.0 Å². The smallest absolute Gasteiger partial charge is 0.239 e. The van der Waals surface area contributed by atoms with E-state index in [2.05, 4.69) is 0 Å². The Labute approximate surface area is 287 Å². The van der Waals surface area contributed by atoms with Crippen molar-refractivity contribution in [2.45, 2.75) is 86.3 Å². The van der Waals surface area contributed by atoms with Gasteiger partial charge in [0.05, 0.1) is 25.9 Å². The molecule has 6 rings (SSSR count). The van der Waals surface area contributed by atoms with Gasteiger partial charge in [-0.05, 0) is 31.2 Å². The van der Waals surface area contributed by atoms with E-state index in [4.69, 9.17) is 32.8 Å². The molecule has 51 heavy (non-hydrogen) atoms. The minimum Gasteiger partial charge on any atom is -0.508 e. The molecule has 280 valence electrons. The van der Waals surface area contributed by atoms with Gasteiger partial charge in [-0.3, -0.25) is 4.79 Å². The molecule has 3 fully saturated rings. The van der Waals surface area contributed by atoms with Crippen LogP contribution in [0.1, 0.15) is 6.92 Å². The Balaban J connectivity index is 1.38. The second-order valence-electron chi connectivity index (χ2n) is 12.6. The van der Waals surface area contributed by atoms with E-state index in [0.717, 1.165) is 12.1 Å². The van der Waals surface area contributed by atoms with Crippen LogP contribution in [0.5, 0.6) is 23.0 Å². The predicted octanol–water partition coefficient (Wildman–Crippen LogP) is -2.93. The zero-order chi connectivity index (χ0) is 36.9. The lowest BCUT2D eigenvalue weighted by Gasteiger charge is -2.44. The number of aliphatic hydroxyl groups excluding tert-OH is 7. The molecule has 19 nitrogen and oxygen atoms in total. The third-order valence-corrected chi connectivity index (χ3v) is 9.03. The third kappa shape index (κ3) is 6.97. The molecular formula is C32H38O19. The van der Waals surface area contributed by atoms with Crippen molar-refractivity contribution in [1.29, 1.82) is 0 Å². The van der Waals surface area contributed by atoms with Gasteiger partial charge in [0.25, 0.3) is 0 Å². The van der Waals surface area contributed by atoms with Crippen molar-refractivity contribution in [2.75, 3.05) is 19.8 Å². The fraction of sp³-hybridized carbons (Fsp3) is 0.531. The molecule has 0 spiro atoms. The average molecular weight is 727 g/mol. The molecule has 1 aromatic heterocycles. The number of rotatable bonds is 9. The van der Waals surface area contributed by atoms with E-state index in [1.54, 1.807) is 0 Å². The molecule has 3 saturated heterocycles. The van der Waals surface area contributed by atoms with Crippen molar-refractivity contribution in [1.82, 2.24) is 0 Å². The summed E-state index contributed by atoms with van der Waals surface area (Å²) in [5, 5.41) is 114. The molecule has 3 aromatic rings. The SMILES string of the molecule is C[C@@H]1O[C@H](OC[C@@H]2O[C@H](Oc3c(-c4ccc(O)cc4)oc4cc(O)cc(O)c4c3=O)[C@@H](O[C@H]3OC[C@](O)(CO)[C@H]3O)[C@H](O)[C@H]2O)[C@@H](O)[C@H](O)[C@H]1O. The summed E-state index contributed by atoms with van der Waals surface area (Å²) in [5.74, 6) is -2.27. The summed E-state index contributed by atoms with van der Waals surface area (Å²) in [7, 11) is 0. The summed E-state index contributed by atoms with van der Waals surface area (Å²) in [6.07, 6.45) is -20.2. The summed E-state index contributed by atoms with van der Waals surface area (Å²) in [6.45, 7) is -0.787. The van der Waals surface area contributed by atoms with Crippen LogP contribution in [-0.2, 0) is 23.7 Å². The Kier molecular flexibility index (Phi) is 10.5. The van der Waals surface area contributed by atoms with Crippen LogP contribution >= 0.6 is 0 Å². The number of benzene rings is 2. The summed E-state index contributed by atoms with van der Waals surface area (Å²) < 4.78 is 39.9. The number of hydrogen-bond acceptors (Lipinski definition) is 19. The molecule has 0 amide bonds. The van der Waals surface area contributed by atoms with Crippen LogP contribution in [0, 0.1) is 0 Å². The van der Waals surface area contributed by atoms with Crippen LogP contribution in [0.15, 0.2) is 45.6 Å². The lowest BCUT2D eigenvalue weighted by atomic mass is 9.97. The maximum absolute atomic E-state index is 14.0. The first kappa shape index (κ1) is 37.1. The normalized spacial score (nSPS) is 37.1. The number of aliphatic hydroxyl groups is 8. The van der Waals surface area contributed by atoms with E-state index in [1.165, 1.54) is 31.2 Å². The van der Waals surface area contributed by atoms with E-state index in [0.29, 0.717) is 0 Å². The van der Waals surface area contributed by atoms with Gasteiger partial charge in [-0.1, -0.05) is 0 Å². The molecule has 11 N–H and O–H groups in total. The van der Waals surface area contributed by atoms with Crippen molar-refractivity contribution >= 4 is 11.0 Å². The van der Waals surface area contributed by atoms with Gasteiger partial charge in [-0.25, -0.2) is 0 Å². The van der Waals surface area contributed by atoms with Crippen LogP contribution in [0.4, 0.5) is 0 Å². The molecule has 0 aliphatic carbocycles. The van der Waals surface area contributed by atoms with Gasteiger partial charge in [-0.15, -0.1) is 0 Å². The fourth-order valence-corrected chi connectivity index (χ4v) is 5.98. The van der Waals surface area contributed by atoms with Crippen LogP contribution < -0.4 is 10.2 Å². The van der Waals surface area contributed by atoms with E-state index < -0.39 is 127 Å². The molecule has 3 aliphatic heterocycles. The molecule has 2 aromatic carbocycles. The van der Waals surface area contributed by atoms with Gasteiger partial charge in [0.15, 0.2) is 24.4 Å². The Morgan fingerprint density at radius 1 is 0.843 bits per heavy atom. The first-order valence-corrected chi connectivity index (χ1v) is 15.7. The highest BCUT2D eigenvalue weighted by molar-refractivity contribution is 5.88. The quantitative estimate of drug-likeness (QED) is 0.105. The number of fused-ring (bicyclic) bond motifs is 1.